The van der Waals surface area contributed by atoms with Crippen molar-refractivity contribution in [2.45, 2.75) is 51.9 Å². The Morgan fingerprint density at radius 1 is 1.00 bits per heavy atom. The van der Waals surface area contributed by atoms with E-state index in [9.17, 15) is 9.59 Å². The standard InChI is InChI=1S/C17H20O2/c1-16(2,3)13-5-4-11-8-17(9-12(11)6-13)10-14(18)7-15(17)19/h4-6H,7-10H2,1-3H3. The molecule has 0 aliphatic heterocycles. The second-order valence-electron chi connectivity index (χ2n) is 7.18. The van der Waals surface area contributed by atoms with Crippen LogP contribution in [0.2, 0.25) is 0 Å². The van der Waals surface area contributed by atoms with Gasteiger partial charge in [0.05, 0.1) is 6.42 Å². The molecule has 1 unspecified atom stereocenters. The summed E-state index contributed by atoms with van der Waals surface area (Å²) in [5.41, 5.74) is 3.57. The summed E-state index contributed by atoms with van der Waals surface area (Å²) >= 11 is 0. The minimum atomic E-state index is -0.393. The van der Waals surface area contributed by atoms with Gasteiger partial charge in [-0.15, -0.1) is 0 Å². The third kappa shape index (κ3) is 1.94. The molecule has 3 rings (SSSR count). The van der Waals surface area contributed by atoms with Gasteiger partial charge in [-0.1, -0.05) is 39.0 Å². The minimum Gasteiger partial charge on any atom is -0.299 e. The van der Waals surface area contributed by atoms with Gasteiger partial charge in [0.25, 0.3) is 0 Å². The van der Waals surface area contributed by atoms with E-state index in [1.165, 1.54) is 16.7 Å². The van der Waals surface area contributed by atoms with Crippen LogP contribution in [0.1, 0.15) is 50.3 Å². The lowest BCUT2D eigenvalue weighted by Gasteiger charge is -2.20. The van der Waals surface area contributed by atoms with Gasteiger partial charge in [-0.3, -0.25) is 9.59 Å². The Balaban J connectivity index is 1.97. The highest BCUT2D eigenvalue weighted by molar-refractivity contribution is 6.09. The zero-order valence-corrected chi connectivity index (χ0v) is 11.9. The molecule has 2 aliphatic carbocycles. The Morgan fingerprint density at radius 3 is 2.26 bits per heavy atom. The van der Waals surface area contributed by atoms with Gasteiger partial charge in [-0.2, -0.15) is 0 Å². The number of hydrogen-bond donors (Lipinski definition) is 0. The van der Waals surface area contributed by atoms with E-state index in [1.54, 1.807) is 0 Å². The molecular weight excluding hydrogens is 236 g/mol. The molecule has 0 N–H and O–H groups in total. The maximum absolute atomic E-state index is 12.1. The highest BCUT2D eigenvalue weighted by Crippen LogP contribution is 2.46. The van der Waals surface area contributed by atoms with E-state index >= 15 is 0 Å². The summed E-state index contributed by atoms with van der Waals surface area (Å²) in [5, 5.41) is 0. The molecule has 1 spiro atoms. The Morgan fingerprint density at radius 2 is 1.68 bits per heavy atom. The maximum Gasteiger partial charge on any atom is 0.147 e. The molecule has 1 saturated carbocycles. The fourth-order valence-electron chi connectivity index (χ4n) is 3.45. The summed E-state index contributed by atoms with van der Waals surface area (Å²) in [6.07, 6.45) is 2.12. The SMILES string of the molecule is CC(C)(C)c1ccc2c(c1)CC1(CC(=O)CC1=O)C2. The van der Waals surface area contributed by atoms with Crippen molar-refractivity contribution in [2.24, 2.45) is 5.41 Å². The molecule has 1 aromatic carbocycles. The largest absolute Gasteiger partial charge is 0.299 e. The molecule has 2 heteroatoms. The average Bonchev–Trinajstić information content (AvgIpc) is 2.77. The molecule has 0 aromatic heterocycles. The molecule has 0 saturated heterocycles. The highest BCUT2D eigenvalue weighted by atomic mass is 16.2. The zero-order chi connectivity index (χ0) is 13.8. The fraction of sp³-hybridized carbons (Fsp3) is 0.529. The molecule has 2 aliphatic rings. The Hall–Kier alpha value is -1.44. The van der Waals surface area contributed by atoms with Crippen LogP contribution >= 0.6 is 0 Å². The Kier molecular flexibility index (Phi) is 2.51. The van der Waals surface area contributed by atoms with Crippen molar-refractivity contribution in [3.63, 3.8) is 0 Å². The summed E-state index contributed by atoms with van der Waals surface area (Å²) in [7, 11) is 0. The van der Waals surface area contributed by atoms with Crippen molar-refractivity contribution in [3.8, 4) is 0 Å². The first-order valence-electron chi connectivity index (χ1n) is 6.97. The Labute approximate surface area is 114 Å². The predicted molar refractivity (Wildman–Crippen MR) is 74.2 cm³/mol. The predicted octanol–water partition coefficient (Wildman–Crippen LogP) is 3.00. The van der Waals surface area contributed by atoms with Gasteiger partial charge in [0.2, 0.25) is 0 Å². The minimum absolute atomic E-state index is 0.119. The number of fused-ring (bicyclic) bond motifs is 1. The van der Waals surface area contributed by atoms with Crippen LogP contribution in [0.3, 0.4) is 0 Å². The van der Waals surface area contributed by atoms with Crippen LogP contribution in [0, 0.1) is 5.41 Å². The maximum atomic E-state index is 12.1. The van der Waals surface area contributed by atoms with Crippen molar-refractivity contribution in [1.29, 1.82) is 0 Å². The zero-order valence-electron chi connectivity index (χ0n) is 11.9. The monoisotopic (exact) mass is 256 g/mol. The number of hydrogen-bond acceptors (Lipinski definition) is 2. The molecular formula is C17H20O2. The van der Waals surface area contributed by atoms with E-state index < -0.39 is 5.41 Å². The molecule has 100 valence electrons. The molecule has 2 nitrogen and oxygen atoms in total. The van der Waals surface area contributed by atoms with Gasteiger partial charge in [0, 0.05) is 11.8 Å². The highest BCUT2D eigenvalue weighted by Gasteiger charge is 2.49. The van der Waals surface area contributed by atoms with Gasteiger partial charge in [-0.05, 0) is 34.9 Å². The summed E-state index contributed by atoms with van der Waals surface area (Å²) in [6, 6.07) is 6.56. The van der Waals surface area contributed by atoms with E-state index in [4.69, 9.17) is 0 Å². The van der Waals surface area contributed by atoms with Crippen LogP contribution in [0.25, 0.3) is 0 Å². The molecule has 0 radical (unpaired) electrons. The summed E-state index contributed by atoms with van der Waals surface area (Å²) in [5.74, 6) is 0.278. The summed E-state index contributed by atoms with van der Waals surface area (Å²) in [4.78, 5) is 23.7. The molecule has 1 atom stereocenters. The van der Waals surface area contributed by atoms with Crippen molar-refractivity contribution in [2.75, 3.05) is 0 Å². The first kappa shape index (κ1) is 12.6. The van der Waals surface area contributed by atoms with Crippen molar-refractivity contribution in [3.05, 3.63) is 34.9 Å². The van der Waals surface area contributed by atoms with E-state index in [2.05, 4.69) is 39.0 Å². The molecule has 1 fully saturated rings. The van der Waals surface area contributed by atoms with Gasteiger partial charge in [0.1, 0.15) is 11.6 Å². The number of Topliss-reactive ketones (excluding diaryl/α,β-unsaturated/α-hetero) is 2. The van der Waals surface area contributed by atoms with Gasteiger partial charge >= 0.3 is 0 Å². The Bertz CT molecular complexity index is 577. The van der Waals surface area contributed by atoms with Crippen molar-refractivity contribution in [1.82, 2.24) is 0 Å². The fourth-order valence-corrected chi connectivity index (χ4v) is 3.45. The molecule has 19 heavy (non-hydrogen) atoms. The number of carbonyl (C=O) groups excluding carboxylic acids is 2. The second-order valence-corrected chi connectivity index (χ2v) is 7.18. The molecule has 0 heterocycles. The van der Waals surface area contributed by atoms with Gasteiger partial charge in [-0.25, -0.2) is 0 Å². The molecule has 0 amide bonds. The third-order valence-corrected chi connectivity index (χ3v) is 4.61. The van der Waals surface area contributed by atoms with Crippen LogP contribution in [0.4, 0.5) is 0 Å². The summed E-state index contributed by atoms with van der Waals surface area (Å²) < 4.78 is 0. The normalized spacial score (nSPS) is 26.3. The quantitative estimate of drug-likeness (QED) is 0.669. The molecule has 1 aromatic rings. The van der Waals surface area contributed by atoms with Gasteiger partial charge < -0.3 is 0 Å². The average molecular weight is 256 g/mol. The lowest BCUT2D eigenvalue weighted by Crippen LogP contribution is -2.26. The third-order valence-electron chi connectivity index (χ3n) is 4.61. The van der Waals surface area contributed by atoms with Crippen molar-refractivity contribution < 1.29 is 9.59 Å². The van der Waals surface area contributed by atoms with Crippen molar-refractivity contribution >= 4 is 11.6 Å². The van der Waals surface area contributed by atoms with Crippen LogP contribution in [-0.2, 0) is 27.8 Å². The van der Waals surface area contributed by atoms with Gasteiger partial charge in [0.15, 0.2) is 0 Å². The lowest BCUT2D eigenvalue weighted by molar-refractivity contribution is -0.125. The second kappa shape index (κ2) is 3.78. The number of ketones is 2. The van der Waals surface area contributed by atoms with Crippen LogP contribution in [0.15, 0.2) is 18.2 Å². The van der Waals surface area contributed by atoms with Crippen LogP contribution in [-0.4, -0.2) is 11.6 Å². The van der Waals surface area contributed by atoms with E-state index in [1.807, 2.05) is 0 Å². The number of benzene rings is 1. The number of rotatable bonds is 0. The van der Waals surface area contributed by atoms with E-state index in [-0.39, 0.29) is 23.4 Å². The van der Waals surface area contributed by atoms with E-state index in [0.29, 0.717) is 6.42 Å². The number of carbonyl (C=O) groups is 2. The first-order chi connectivity index (χ1) is 8.80. The van der Waals surface area contributed by atoms with Crippen LogP contribution < -0.4 is 0 Å². The summed E-state index contributed by atoms with van der Waals surface area (Å²) in [6.45, 7) is 6.59. The van der Waals surface area contributed by atoms with E-state index in [0.717, 1.165) is 12.8 Å². The van der Waals surface area contributed by atoms with Crippen LogP contribution in [0.5, 0.6) is 0 Å². The smallest absolute Gasteiger partial charge is 0.147 e. The first-order valence-corrected chi connectivity index (χ1v) is 6.97. The topological polar surface area (TPSA) is 34.1 Å². The lowest BCUT2D eigenvalue weighted by atomic mass is 9.82. The molecule has 0 bridgehead atoms.